The van der Waals surface area contributed by atoms with Crippen LogP contribution in [0.2, 0.25) is 0 Å². The number of hydrogen-bond donors (Lipinski definition) is 3. The van der Waals surface area contributed by atoms with Crippen molar-refractivity contribution in [1.29, 1.82) is 0 Å². The maximum absolute atomic E-state index is 13.4. The predicted octanol–water partition coefficient (Wildman–Crippen LogP) is 3.60. The lowest BCUT2D eigenvalue weighted by Crippen LogP contribution is -2.49. The quantitative estimate of drug-likeness (QED) is 0.400. The molecule has 0 radical (unpaired) electrons. The van der Waals surface area contributed by atoms with Crippen LogP contribution in [-0.4, -0.2) is 66.6 Å². The molecule has 36 heavy (non-hydrogen) atoms. The van der Waals surface area contributed by atoms with Crippen LogP contribution in [0.15, 0.2) is 24.3 Å². The van der Waals surface area contributed by atoms with Gasteiger partial charge in [-0.2, -0.15) is 0 Å². The molecule has 3 fully saturated rings. The molecule has 5 atom stereocenters. The first-order valence-electron chi connectivity index (χ1n) is 14.1. The van der Waals surface area contributed by atoms with E-state index in [1.165, 1.54) is 25.7 Å². The van der Waals surface area contributed by atoms with Crippen LogP contribution in [0.4, 0.5) is 0 Å². The number of carbonyl (C=O) groups excluding carboxylic acids is 1. The number of piperidine rings is 1. The van der Waals surface area contributed by atoms with E-state index < -0.39 is 11.7 Å². The molecule has 4 N–H and O–H groups in total. The number of ether oxygens (including phenoxy) is 2. The van der Waals surface area contributed by atoms with E-state index in [4.69, 9.17) is 15.2 Å². The number of unbranched alkanes of at least 4 members (excludes halogenated alkanes) is 1. The summed E-state index contributed by atoms with van der Waals surface area (Å²) in [5.41, 5.74) is 5.75. The Balaban J connectivity index is 1.53. The topological polar surface area (TPSA) is 105 Å². The molecule has 202 valence electrons. The molecule has 7 heteroatoms. The average Bonchev–Trinajstić information content (AvgIpc) is 3.54. The van der Waals surface area contributed by atoms with E-state index in [9.17, 15) is 15.0 Å². The van der Waals surface area contributed by atoms with Gasteiger partial charge in [-0.15, -0.1) is 0 Å². The Labute approximate surface area is 216 Å². The first-order valence-corrected chi connectivity index (χ1v) is 14.1. The Morgan fingerprint density at radius 2 is 1.92 bits per heavy atom. The van der Waals surface area contributed by atoms with Crippen LogP contribution in [0.25, 0.3) is 0 Å². The van der Waals surface area contributed by atoms with Gasteiger partial charge in [0.15, 0.2) is 0 Å². The van der Waals surface area contributed by atoms with Crippen molar-refractivity contribution in [3.8, 4) is 5.75 Å². The van der Waals surface area contributed by atoms with E-state index in [1.54, 1.807) is 7.11 Å². The summed E-state index contributed by atoms with van der Waals surface area (Å²) in [6, 6.07) is 7.61. The second-order valence-corrected chi connectivity index (χ2v) is 11.4. The summed E-state index contributed by atoms with van der Waals surface area (Å²) < 4.78 is 11.6. The monoisotopic (exact) mass is 502 g/mol. The van der Waals surface area contributed by atoms with Gasteiger partial charge in [0.25, 0.3) is 0 Å². The van der Waals surface area contributed by atoms with Crippen LogP contribution >= 0.6 is 0 Å². The third kappa shape index (κ3) is 6.42. The first-order chi connectivity index (χ1) is 17.4. The van der Waals surface area contributed by atoms with Crippen molar-refractivity contribution in [2.24, 2.45) is 23.5 Å². The van der Waals surface area contributed by atoms with Gasteiger partial charge in [-0.1, -0.05) is 31.0 Å². The molecule has 0 spiro atoms. The van der Waals surface area contributed by atoms with Crippen molar-refractivity contribution in [3.05, 3.63) is 29.8 Å². The number of carbonyl (C=O) groups is 1. The van der Waals surface area contributed by atoms with Crippen LogP contribution in [-0.2, 0) is 15.1 Å². The number of likely N-dealkylation sites (tertiary alicyclic amines) is 1. The summed E-state index contributed by atoms with van der Waals surface area (Å²) in [6.45, 7) is 2.56. The van der Waals surface area contributed by atoms with Crippen molar-refractivity contribution in [3.63, 3.8) is 0 Å². The van der Waals surface area contributed by atoms with E-state index in [1.807, 2.05) is 29.2 Å². The number of nitrogens with zero attached hydrogens (tertiary/aromatic N) is 1. The normalized spacial score (nSPS) is 28.8. The van der Waals surface area contributed by atoms with Crippen molar-refractivity contribution in [2.45, 2.75) is 88.4 Å². The first kappa shape index (κ1) is 27.4. The molecule has 2 aliphatic carbocycles. The van der Waals surface area contributed by atoms with E-state index in [-0.39, 0.29) is 23.8 Å². The fraction of sp³-hybridized carbons (Fsp3) is 0.759. The van der Waals surface area contributed by atoms with E-state index in [0.717, 1.165) is 37.0 Å². The third-order valence-electron chi connectivity index (χ3n) is 8.79. The lowest BCUT2D eigenvalue weighted by atomic mass is 9.73. The predicted molar refractivity (Wildman–Crippen MR) is 140 cm³/mol. The second kappa shape index (κ2) is 12.7. The van der Waals surface area contributed by atoms with Gasteiger partial charge in [0.1, 0.15) is 5.75 Å². The van der Waals surface area contributed by atoms with Gasteiger partial charge in [-0.05, 0) is 69.8 Å². The molecule has 1 aromatic rings. The van der Waals surface area contributed by atoms with Gasteiger partial charge in [-0.25, -0.2) is 0 Å². The van der Waals surface area contributed by atoms with E-state index in [2.05, 4.69) is 0 Å². The van der Waals surface area contributed by atoms with Crippen LogP contribution in [0.1, 0.15) is 76.2 Å². The number of benzene rings is 1. The minimum Gasteiger partial charge on any atom is -0.493 e. The molecule has 1 aliphatic heterocycles. The Hall–Kier alpha value is -1.67. The third-order valence-corrected chi connectivity index (χ3v) is 8.79. The number of para-hydroxylation sites is 1. The molecule has 0 bridgehead atoms. The molecule has 1 amide bonds. The van der Waals surface area contributed by atoms with Crippen molar-refractivity contribution < 1.29 is 24.5 Å². The molecule has 1 heterocycles. The van der Waals surface area contributed by atoms with Crippen LogP contribution in [0, 0.1) is 17.8 Å². The van der Waals surface area contributed by atoms with Crippen molar-refractivity contribution >= 4 is 5.91 Å². The summed E-state index contributed by atoms with van der Waals surface area (Å²) in [5, 5.41) is 22.5. The number of amides is 1. The minimum atomic E-state index is -1.09. The largest absolute Gasteiger partial charge is 0.493 e. The summed E-state index contributed by atoms with van der Waals surface area (Å²) in [7, 11) is 1.70. The van der Waals surface area contributed by atoms with Gasteiger partial charge in [-0.3, -0.25) is 4.79 Å². The highest BCUT2D eigenvalue weighted by atomic mass is 16.5. The van der Waals surface area contributed by atoms with Crippen molar-refractivity contribution in [1.82, 2.24) is 4.90 Å². The minimum absolute atomic E-state index is 0.0687. The van der Waals surface area contributed by atoms with Gasteiger partial charge < -0.3 is 30.3 Å². The fourth-order valence-corrected chi connectivity index (χ4v) is 6.61. The molecule has 1 saturated heterocycles. The van der Waals surface area contributed by atoms with Gasteiger partial charge in [0, 0.05) is 50.2 Å². The Kier molecular flexibility index (Phi) is 9.67. The van der Waals surface area contributed by atoms with Crippen LogP contribution in [0.3, 0.4) is 0 Å². The zero-order valence-electron chi connectivity index (χ0n) is 21.9. The molecule has 3 aliphatic rings. The summed E-state index contributed by atoms with van der Waals surface area (Å²) in [4.78, 5) is 15.3. The molecule has 0 aromatic heterocycles. The maximum atomic E-state index is 13.4. The lowest BCUT2D eigenvalue weighted by molar-refractivity contribution is -0.141. The van der Waals surface area contributed by atoms with Gasteiger partial charge in [0.2, 0.25) is 5.91 Å². The number of aliphatic hydroxyl groups excluding tert-OH is 1. The fourth-order valence-electron chi connectivity index (χ4n) is 6.61. The molecule has 1 aromatic carbocycles. The van der Waals surface area contributed by atoms with Crippen LogP contribution < -0.4 is 10.5 Å². The molecule has 7 nitrogen and oxygen atoms in total. The Morgan fingerprint density at radius 1 is 1.14 bits per heavy atom. The maximum Gasteiger partial charge on any atom is 0.225 e. The number of nitrogens with two attached hydrogens (primary N) is 1. The van der Waals surface area contributed by atoms with Gasteiger partial charge >= 0.3 is 0 Å². The van der Waals surface area contributed by atoms with Crippen LogP contribution in [0.5, 0.6) is 5.75 Å². The Bertz CT molecular complexity index is 835. The molecule has 0 unspecified atom stereocenters. The lowest BCUT2D eigenvalue weighted by Gasteiger charge is -2.44. The van der Waals surface area contributed by atoms with Gasteiger partial charge in [0.05, 0.1) is 18.3 Å². The second-order valence-electron chi connectivity index (χ2n) is 11.4. The van der Waals surface area contributed by atoms with Crippen molar-refractivity contribution in [2.75, 3.05) is 33.4 Å². The highest BCUT2D eigenvalue weighted by Crippen LogP contribution is 2.44. The molecule has 4 rings (SSSR count). The molecule has 2 saturated carbocycles. The Morgan fingerprint density at radius 3 is 2.64 bits per heavy atom. The zero-order valence-corrected chi connectivity index (χ0v) is 21.9. The summed E-state index contributed by atoms with van der Waals surface area (Å²) >= 11 is 0. The molecular formula is C29H46N2O5. The van der Waals surface area contributed by atoms with E-state index >= 15 is 0 Å². The zero-order chi connectivity index (χ0) is 25.5. The standard InChI is InChI=1S/C29H46N2O5/c1-35-16-7-6-14-29(34,24-12-4-5-13-27(24)36-20-21-9-2-3-10-21)23-11-8-15-31(19-23)28(33)22-17-25(30)26(32)18-22/h4-5,12-13,21-23,25-26,32,34H,2-3,6-11,14-20,30H2,1H3/t22-,23+,25+,26-,29-/m0/s1. The number of aliphatic hydroxyl groups is 2. The summed E-state index contributed by atoms with van der Waals surface area (Å²) in [5.74, 6) is 1.11. The van der Waals surface area contributed by atoms with E-state index in [0.29, 0.717) is 51.5 Å². The number of rotatable bonds is 11. The summed E-state index contributed by atoms with van der Waals surface area (Å²) in [6.07, 6.45) is 9.32. The highest BCUT2D eigenvalue weighted by molar-refractivity contribution is 5.79. The molecular weight excluding hydrogens is 456 g/mol. The SMILES string of the molecule is COCCCC[C@@](O)(c1ccccc1OCC1CCCC1)[C@@H]1CCCN(C(=O)[C@H]2C[C@@H](N)[C@@H](O)C2)C1. The number of hydrogen-bond acceptors (Lipinski definition) is 6. The average molecular weight is 503 g/mol. The number of methoxy groups -OCH3 is 1. The smallest absolute Gasteiger partial charge is 0.225 e. The highest BCUT2D eigenvalue weighted by Gasteiger charge is 2.44.